The molecule has 3 rings (SSSR count). The van der Waals surface area contributed by atoms with E-state index in [1.807, 2.05) is 6.92 Å². The van der Waals surface area contributed by atoms with E-state index >= 15 is 0 Å². The third-order valence-electron chi connectivity index (χ3n) is 5.45. The predicted octanol–water partition coefficient (Wildman–Crippen LogP) is 1.56. The summed E-state index contributed by atoms with van der Waals surface area (Å²) < 4.78 is 31.1. The summed E-state index contributed by atoms with van der Waals surface area (Å²) in [5.74, 6) is -0.306. The number of sulfonamides is 1. The maximum Gasteiger partial charge on any atom is 0.329 e. The predicted molar refractivity (Wildman–Crippen MR) is 103 cm³/mol. The number of nitrogens with zero attached hydrogens (tertiary/aromatic N) is 2. The minimum atomic E-state index is -3.56. The fourth-order valence-electron chi connectivity index (χ4n) is 4.07. The lowest BCUT2D eigenvalue weighted by Gasteiger charge is -2.33. The lowest BCUT2D eigenvalue weighted by molar-refractivity contribution is -0.151. The van der Waals surface area contributed by atoms with Gasteiger partial charge in [0.1, 0.15) is 12.6 Å². The van der Waals surface area contributed by atoms with E-state index in [1.54, 1.807) is 17.0 Å². The number of hydrogen-bond acceptors (Lipinski definition) is 5. The van der Waals surface area contributed by atoms with Gasteiger partial charge in [-0.1, -0.05) is 12.1 Å². The molecule has 1 aliphatic heterocycles. The lowest BCUT2D eigenvalue weighted by atomic mass is 9.99. The van der Waals surface area contributed by atoms with Crippen LogP contribution in [0.25, 0.3) is 0 Å². The highest BCUT2D eigenvalue weighted by Crippen LogP contribution is 2.42. The summed E-state index contributed by atoms with van der Waals surface area (Å²) in [5.41, 5.74) is 0.587. The molecule has 1 saturated heterocycles. The van der Waals surface area contributed by atoms with Crippen molar-refractivity contribution in [2.45, 2.75) is 49.8 Å². The number of fused-ring (bicyclic) bond motifs is 2. The third kappa shape index (κ3) is 3.86. The fourth-order valence-corrected chi connectivity index (χ4v) is 5.04. The normalized spacial score (nSPS) is 23.9. The summed E-state index contributed by atoms with van der Waals surface area (Å²) in [6.07, 6.45) is 2.65. The first-order valence-electron chi connectivity index (χ1n) is 9.50. The van der Waals surface area contributed by atoms with Gasteiger partial charge in [0.05, 0.1) is 4.90 Å². The van der Waals surface area contributed by atoms with E-state index in [1.165, 1.54) is 26.2 Å². The molecule has 2 bridgehead atoms. The number of rotatable bonds is 6. The molecule has 28 heavy (non-hydrogen) atoms. The number of ether oxygens (including phenoxy) is 1. The van der Waals surface area contributed by atoms with E-state index in [0.717, 1.165) is 23.6 Å². The zero-order valence-corrected chi connectivity index (χ0v) is 17.2. The van der Waals surface area contributed by atoms with Crippen molar-refractivity contribution in [3.05, 3.63) is 29.8 Å². The molecule has 2 amide bonds. The summed E-state index contributed by atoms with van der Waals surface area (Å²) in [6, 6.07) is 5.64. The van der Waals surface area contributed by atoms with Crippen LogP contribution in [0.5, 0.6) is 0 Å². The topological polar surface area (TPSA) is 96.0 Å². The van der Waals surface area contributed by atoms with E-state index < -0.39 is 22.0 Å². The monoisotopic (exact) mass is 409 g/mol. The quantitative estimate of drug-likeness (QED) is 0.720. The van der Waals surface area contributed by atoms with Crippen LogP contribution in [-0.4, -0.2) is 62.3 Å². The van der Waals surface area contributed by atoms with Gasteiger partial charge in [0, 0.05) is 26.7 Å². The average molecular weight is 410 g/mol. The van der Waals surface area contributed by atoms with Gasteiger partial charge in [-0.25, -0.2) is 22.3 Å². The molecule has 0 spiro atoms. The van der Waals surface area contributed by atoms with Crippen molar-refractivity contribution in [2.24, 2.45) is 5.92 Å². The summed E-state index contributed by atoms with van der Waals surface area (Å²) >= 11 is 0. The highest BCUT2D eigenvalue weighted by molar-refractivity contribution is 7.89. The van der Waals surface area contributed by atoms with Gasteiger partial charge in [-0.05, 0) is 49.8 Å². The van der Waals surface area contributed by atoms with Gasteiger partial charge >= 0.3 is 12.0 Å². The van der Waals surface area contributed by atoms with Gasteiger partial charge < -0.3 is 15.0 Å². The van der Waals surface area contributed by atoms with Crippen LogP contribution in [0.15, 0.2) is 29.2 Å². The molecule has 154 valence electrons. The Balaban J connectivity index is 1.69. The zero-order chi connectivity index (χ0) is 20.5. The van der Waals surface area contributed by atoms with E-state index in [-0.39, 0.29) is 29.5 Å². The first kappa shape index (κ1) is 20.6. The van der Waals surface area contributed by atoms with Crippen LogP contribution in [0.3, 0.4) is 0 Å². The number of urea groups is 1. The molecule has 2 fully saturated rings. The van der Waals surface area contributed by atoms with Crippen molar-refractivity contribution in [1.29, 1.82) is 0 Å². The lowest BCUT2D eigenvalue weighted by Crippen LogP contribution is -2.53. The van der Waals surface area contributed by atoms with E-state index in [9.17, 15) is 18.0 Å². The van der Waals surface area contributed by atoms with Crippen LogP contribution in [0, 0.1) is 5.92 Å². The molecule has 9 heteroatoms. The standard InChI is InChI=1S/C19H27N3O5S/c1-4-20-19(24)22-15-9-8-14(11-15)17(22)18(23)27-12-13-6-5-7-16(10-13)28(25,26)21(2)3/h5-7,10,14-15,17H,4,8-9,11-12H2,1-3H3,(H,20,24)/t14-,15-,17-/m0/s1. The fraction of sp³-hybridized carbons (Fsp3) is 0.579. The summed E-state index contributed by atoms with van der Waals surface area (Å²) in [6.45, 7) is 2.31. The largest absolute Gasteiger partial charge is 0.459 e. The van der Waals surface area contributed by atoms with Gasteiger partial charge in [-0.2, -0.15) is 0 Å². The molecule has 1 aliphatic carbocycles. The van der Waals surface area contributed by atoms with Gasteiger partial charge in [-0.15, -0.1) is 0 Å². The average Bonchev–Trinajstić information content (AvgIpc) is 3.28. The molecular weight excluding hydrogens is 382 g/mol. The Kier molecular flexibility index (Phi) is 5.95. The summed E-state index contributed by atoms with van der Waals surface area (Å²) in [4.78, 5) is 26.9. The van der Waals surface area contributed by atoms with Crippen LogP contribution < -0.4 is 5.32 Å². The molecule has 1 aromatic carbocycles. The highest BCUT2D eigenvalue weighted by atomic mass is 32.2. The maximum atomic E-state index is 12.7. The second kappa shape index (κ2) is 8.08. The molecule has 0 aromatic heterocycles. The number of hydrogen-bond donors (Lipinski definition) is 1. The molecule has 1 aromatic rings. The number of amides is 2. The highest BCUT2D eigenvalue weighted by Gasteiger charge is 2.52. The van der Waals surface area contributed by atoms with Crippen molar-refractivity contribution >= 4 is 22.0 Å². The number of piperidine rings is 1. The Bertz CT molecular complexity index is 855. The molecule has 8 nitrogen and oxygen atoms in total. The third-order valence-corrected chi connectivity index (χ3v) is 7.26. The zero-order valence-electron chi connectivity index (χ0n) is 16.4. The molecule has 1 N–H and O–H groups in total. The van der Waals surface area contributed by atoms with Crippen molar-refractivity contribution < 1.29 is 22.7 Å². The molecular formula is C19H27N3O5S. The van der Waals surface area contributed by atoms with E-state index in [4.69, 9.17) is 4.74 Å². The molecule has 2 aliphatic rings. The Morgan fingerprint density at radius 3 is 2.71 bits per heavy atom. The minimum Gasteiger partial charge on any atom is -0.459 e. The van der Waals surface area contributed by atoms with Gasteiger partial charge in [-0.3, -0.25) is 0 Å². The number of esters is 1. The van der Waals surface area contributed by atoms with Gasteiger partial charge in [0.15, 0.2) is 0 Å². The molecule has 0 radical (unpaired) electrons. The van der Waals surface area contributed by atoms with Crippen LogP contribution in [-0.2, 0) is 26.2 Å². The summed E-state index contributed by atoms with van der Waals surface area (Å²) in [5, 5.41) is 2.77. The molecule has 1 saturated carbocycles. The van der Waals surface area contributed by atoms with Crippen molar-refractivity contribution in [2.75, 3.05) is 20.6 Å². The van der Waals surface area contributed by atoms with Crippen LogP contribution in [0.1, 0.15) is 31.7 Å². The Labute approximate surface area is 165 Å². The summed E-state index contributed by atoms with van der Waals surface area (Å²) in [7, 11) is -0.624. The van der Waals surface area contributed by atoms with Crippen LogP contribution in [0.4, 0.5) is 4.79 Å². The first-order chi connectivity index (χ1) is 13.3. The second-order valence-corrected chi connectivity index (χ2v) is 9.61. The number of carbonyl (C=O) groups excluding carboxylic acids is 2. The SMILES string of the molecule is CCNC(=O)N1[C@H]2CC[C@@H](C2)[C@H]1C(=O)OCc1cccc(S(=O)(=O)N(C)C)c1. The Hall–Kier alpha value is -2.13. The van der Waals surface area contributed by atoms with Gasteiger partial charge in [0.2, 0.25) is 10.0 Å². The van der Waals surface area contributed by atoms with Crippen LogP contribution in [0.2, 0.25) is 0 Å². The smallest absolute Gasteiger partial charge is 0.329 e. The number of likely N-dealkylation sites (tertiary alicyclic amines) is 1. The van der Waals surface area contributed by atoms with E-state index in [0.29, 0.717) is 12.1 Å². The number of benzene rings is 1. The minimum absolute atomic E-state index is 0.0350. The van der Waals surface area contributed by atoms with Crippen molar-refractivity contribution in [1.82, 2.24) is 14.5 Å². The Morgan fingerprint density at radius 1 is 1.29 bits per heavy atom. The molecule has 3 atom stereocenters. The number of nitrogens with one attached hydrogen (secondary N) is 1. The number of carbonyl (C=O) groups is 2. The Morgan fingerprint density at radius 2 is 2.04 bits per heavy atom. The van der Waals surface area contributed by atoms with Crippen LogP contribution >= 0.6 is 0 Å². The van der Waals surface area contributed by atoms with Crippen molar-refractivity contribution in [3.8, 4) is 0 Å². The van der Waals surface area contributed by atoms with Gasteiger partial charge in [0.25, 0.3) is 0 Å². The second-order valence-electron chi connectivity index (χ2n) is 7.46. The van der Waals surface area contributed by atoms with Crippen molar-refractivity contribution in [3.63, 3.8) is 0 Å². The van der Waals surface area contributed by atoms with E-state index in [2.05, 4.69) is 5.32 Å². The molecule has 1 heterocycles. The molecule has 0 unspecified atom stereocenters. The maximum absolute atomic E-state index is 12.7. The first-order valence-corrected chi connectivity index (χ1v) is 10.9.